The van der Waals surface area contributed by atoms with Crippen molar-refractivity contribution in [2.24, 2.45) is 5.92 Å². The third kappa shape index (κ3) is 6.83. The van der Waals surface area contributed by atoms with Crippen molar-refractivity contribution in [1.82, 2.24) is 5.32 Å². The Morgan fingerprint density at radius 1 is 1.08 bits per heavy atom. The Morgan fingerprint density at radius 3 is 2.55 bits per heavy atom. The monoisotopic (exact) mass is 526 g/mol. The van der Waals surface area contributed by atoms with Crippen LogP contribution in [0.4, 0.5) is 10.2 Å². The van der Waals surface area contributed by atoms with Crippen molar-refractivity contribution in [2.75, 3.05) is 32.2 Å². The molecule has 9 heteroatoms. The number of halogens is 1. The van der Waals surface area contributed by atoms with Crippen molar-refractivity contribution in [2.45, 2.75) is 51.5 Å². The predicted octanol–water partition coefficient (Wildman–Crippen LogP) is 6.05. The van der Waals surface area contributed by atoms with E-state index < -0.39 is 5.97 Å². The molecule has 1 aromatic heterocycles. The summed E-state index contributed by atoms with van der Waals surface area (Å²) in [6.07, 6.45) is 5.62. The van der Waals surface area contributed by atoms with E-state index in [1.54, 1.807) is 19.2 Å². The number of hydrogen-bond acceptors (Lipinski definition) is 7. The standard InChI is InChI=1S/C29H35FN2O6/c1-19-24-18-23(36-17-16-35-2)12-13-25(24)37-28(19)27(20-6-4-3-5-7-20)32-22-10-8-21(9-11-22)29(34)31-15-14-26(33)38-30/h8-13,18,20,27,32H,3-7,14-17H2,1-2H3,(H,31,34). The topological polar surface area (TPSA) is 99.0 Å². The molecule has 0 saturated heterocycles. The molecule has 0 bridgehead atoms. The van der Waals surface area contributed by atoms with Crippen LogP contribution in [0, 0.1) is 12.8 Å². The minimum atomic E-state index is -1.02. The highest BCUT2D eigenvalue weighted by Crippen LogP contribution is 2.41. The van der Waals surface area contributed by atoms with Gasteiger partial charge in [0.15, 0.2) is 0 Å². The maximum atomic E-state index is 12.4. The van der Waals surface area contributed by atoms with Crippen LogP contribution < -0.4 is 15.4 Å². The van der Waals surface area contributed by atoms with Gasteiger partial charge in [-0.3, -0.25) is 9.74 Å². The molecule has 3 aromatic rings. The smallest absolute Gasteiger partial charge is 0.350 e. The lowest BCUT2D eigenvalue weighted by Gasteiger charge is -2.31. The largest absolute Gasteiger partial charge is 0.491 e. The molecule has 1 aliphatic rings. The van der Waals surface area contributed by atoms with Crippen LogP contribution in [0.15, 0.2) is 46.9 Å². The molecule has 204 valence electrons. The maximum Gasteiger partial charge on any atom is 0.350 e. The molecule has 0 radical (unpaired) electrons. The number of ether oxygens (including phenoxy) is 2. The van der Waals surface area contributed by atoms with Gasteiger partial charge >= 0.3 is 5.97 Å². The van der Waals surface area contributed by atoms with Crippen LogP contribution in [0.2, 0.25) is 0 Å². The number of hydrogen-bond donors (Lipinski definition) is 2. The van der Waals surface area contributed by atoms with Crippen molar-refractivity contribution in [3.8, 4) is 5.75 Å². The van der Waals surface area contributed by atoms with Crippen molar-refractivity contribution < 1.29 is 32.9 Å². The zero-order valence-corrected chi connectivity index (χ0v) is 21.9. The summed E-state index contributed by atoms with van der Waals surface area (Å²) in [7, 11) is 1.65. The number of amides is 1. The van der Waals surface area contributed by atoms with Crippen LogP contribution in [0.5, 0.6) is 5.75 Å². The van der Waals surface area contributed by atoms with E-state index in [9.17, 15) is 14.1 Å². The van der Waals surface area contributed by atoms with E-state index in [-0.39, 0.29) is 24.9 Å². The van der Waals surface area contributed by atoms with Crippen molar-refractivity contribution in [3.05, 3.63) is 59.4 Å². The lowest BCUT2D eigenvalue weighted by atomic mass is 9.82. The molecule has 0 aliphatic heterocycles. The first kappa shape index (κ1) is 27.4. The Balaban J connectivity index is 1.52. The Morgan fingerprint density at radius 2 is 1.84 bits per heavy atom. The number of nitrogens with one attached hydrogen (secondary N) is 2. The number of furan rings is 1. The lowest BCUT2D eigenvalue weighted by molar-refractivity contribution is -0.183. The molecule has 1 amide bonds. The lowest BCUT2D eigenvalue weighted by Crippen LogP contribution is -2.26. The molecule has 1 fully saturated rings. The molecule has 8 nitrogen and oxygen atoms in total. The Hall–Kier alpha value is -3.59. The van der Waals surface area contributed by atoms with E-state index in [0.717, 1.165) is 46.6 Å². The molecule has 1 atom stereocenters. The summed E-state index contributed by atoms with van der Waals surface area (Å²) >= 11 is 0. The molecule has 1 saturated carbocycles. The third-order valence-corrected chi connectivity index (χ3v) is 7.07. The van der Waals surface area contributed by atoms with Crippen molar-refractivity contribution >= 4 is 28.5 Å². The van der Waals surface area contributed by atoms with E-state index >= 15 is 0 Å². The van der Waals surface area contributed by atoms with E-state index in [1.165, 1.54) is 19.3 Å². The van der Waals surface area contributed by atoms with Gasteiger partial charge in [-0.2, -0.15) is 0 Å². The Bertz CT molecular complexity index is 1220. The first-order valence-corrected chi connectivity index (χ1v) is 13.1. The number of carbonyl (C=O) groups excluding carboxylic acids is 2. The van der Waals surface area contributed by atoms with E-state index in [2.05, 4.69) is 22.5 Å². The molecule has 1 aliphatic carbocycles. The molecule has 4 rings (SSSR count). The SMILES string of the molecule is COCCOc1ccc2oc(C(Nc3ccc(C(=O)NCCC(=O)OF)cc3)C3CCCCC3)c(C)c2c1. The fourth-order valence-corrected chi connectivity index (χ4v) is 5.03. The van der Waals surface area contributed by atoms with Gasteiger partial charge in [-0.15, -0.1) is 0 Å². The molecular formula is C29H35FN2O6. The average molecular weight is 527 g/mol. The highest BCUT2D eigenvalue weighted by Gasteiger charge is 2.30. The Kier molecular flexibility index (Phi) is 9.59. The average Bonchev–Trinajstić information content (AvgIpc) is 3.27. The number of aryl methyl sites for hydroxylation is 1. The number of benzene rings is 2. The summed E-state index contributed by atoms with van der Waals surface area (Å²) in [4.78, 5) is 26.4. The molecule has 1 heterocycles. The first-order chi connectivity index (χ1) is 18.5. The zero-order chi connectivity index (χ0) is 26.9. The molecule has 2 aromatic carbocycles. The van der Waals surface area contributed by atoms with Crippen LogP contribution in [0.1, 0.15) is 66.2 Å². The summed E-state index contributed by atoms with van der Waals surface area (Å²) in [5, 5.41) is 7.29. The molecular weight excluding hydrogens is 491 g/mol. The minimum Gasteiger partial charge on any atom is -0.491 e. The summed E-state index contributed by atoms with van der Waals surface area (Å²) in [5.41, 5.74) is 3.23. The number of carbonyl (C=O) groups is 2. The predicted molar refractivity (Wildman–Crippen MR) is 142 cm³/mol. The molecule has 0 spiro atoms. The van der Waals surface area contributed by atoms with E-state index in [4.69, 9.17) is 13.9 Å². The number of fused-ring (bicyclic) bond motifs is 1. The zero-order valence-electron chi connectivity index (χ0n) is 21.9. The van der Waals surface area contributed by atoms with E-state index in [0.29, 0.717) is 24.7 Å². The second-order valence-electron chi connectivity index (χ2n) is 9.64. The van der Waals surface area contributed by atoms with Gasteiger partial charge in [0.1, 0.15) is 23.7 Å². The minimum absolute atomic E-state index is 0.00416. The van der Waals surface area contributed by atoms with Crippen LogP contribution in [-0.4, -0.2) is 38.7 Å². The van der Waals surface area contributed by atoms with Crippen molar-refractivity contribution in [3.63, 3.8) is 0 Å². The first-order valence-electron chi connectivity index (χ1n) is 13.1. The van der Waals surface area contributed by atoms with Crippen LogP contribution >= 0.6 is 0 Å². The second-order valence-corrected chi connectivity index (χ2v) is 9.64. The Labute approximate surface area is 221 Å². The van der Waals surface area contributed by atoms with Crippen LogP contribution in [0.25, 0.3) is 11.0 Å². The number of methoxy groups -OCH3 is 1. The summed E-state index contributed by atoms with van der Waals surface area (Å²) in [5.74, 6) is 0.752. The van der Waals surface area contributed by atoms with E-state index in [1.807, 2.05) is 30.3 Å². The van der Waals surface area contributed by atoms with Gasteiger partial charge in [0.25, 0.3) is 5.91 Å². The highest BCUT2D eigenvalue weighted by atomic mass is 19.3. The van der Waals surface area contributed by atoms with Gasteiger partial charge < -0.3 is 24.5 Å². The van der Waals surface area contributed by atoms with Gasteiger partial charge in [-0.1, -0.05) is 19.3 Å². The number of anilines is 1. The molecule has 2 N–H and O–H groups in total. The van der Waals surface area contributed by atoms with Crippen molar-refractivity contribution in [1.29, 1.82) is 0 Å². The molecule has 1 unspecified atom stereocenters. The van der Waals surface area contributed by atoms with Gasteiger partial charge in [-0.25, -0.2) is 4.79 Å². The van der Waals surface area contributed by atoms with Gasteiger partial charge in [0, 0.05) is 40.4 Å². The normalized spacial score (nSPS) is 14.7. The highest BCUT2D eigenvalue weighted by molar-refractivity contribution is 5.94. The van der Waals surface area contributed by atoms with Gasteiger partial charge in [0.2, 0.25) is 0 Å². The van der Waals surface area contributed by atoms with Crippen LogP contribution in [-0.2, 0) is 14.5 Å². The van der Waals surface area contributed by atoms with Crippen LogP contribution in [0.3, 0.4) is 0 Å². The third-order valence-electron chi connectivity index (χ3n) is 7.07. The quantitative estimate of drug-likeness (QED) is 0.277. The summed E-state index contributed by atoms with van der Waals surface area (Å²) in [6.45, 7) is 3.09. The summed E-state index contributed by atoms with van der Waals surface area (Å²) in [6, 6.07) is 13.0. The van der Waals surface area contributed by atoms with Gasteiger partial charge in [-0.05, 0) is 68.1 Å². The second kappa shape index (κ2) is 13.3. The summed E-state index contributed by atoms with van der Waals surface area (Å²) < 4.78 is 29.1. The maximum absolute atomic E-state index is 12.4. The molecule has 38 heavy (non-hydrogen) atoms. The van der Waals surface area contributed by atoms with Gasteiger partial charge in [0.05, 0.1) is 19.1 Å². The number of rotatable bonds is 12. The fraction of sp³-hybridized carbons (Fsp3) is 0.448. The fourth-order valence-electron chi connectivity index (χ4n) is 5.03.